The van der Waals surface area contributed by atoms with E-state index in [9.17, 15) is 4.79 Å². The number of carbonyl (C=O) groups is 1. The number of aromatic nitrogens is 3. The van der Waals surface area contributed by atoms with Gasteiger partial charge in [-0.15, -0.1) is 0 Å². The van der Waals surface area contributed by atoms with Crippen LogP contribution in [0.1, 0.15) is 17.1 Å². The van der Waals surface area contributed by atoms with E-state index < -0.39 is 0 Å². The Kier molecular flexibility index (Phi) is 4.94. The van der Waals surface area contributed by atoms with Crippen LogP contribution < -0.4 is 10.1 Å². The molecule has 26 heavy (non-hydrogen) atoms. The summed E-state index contributed by atoms with van der Waals surface area (Å²) < 4.78 is 7.19. The molecule has 3 rings (SSSR count). The van der Waals surface area contributed by atoms with E-state index in [4.69, 9.17) is 10.00 Å². The molecule has 0 aliphatic rings. The minimum Gasteiger partial charge on any atom is -0.481 e. The maximum absolute atomic E-state index is 12.3. The van der Waals surface area contributed by atoms with Crippen molar-refractivity contribution in [3.05, 3.63) is 65.7 Å². The maximum Gasteiger partial charge on any atom is 0.262 e. The highest BCUT2D eigenvalue weighted by atomic mass is 16.5. The Morgan fingerprint density at radius 2 is 2.00 bits per heavy atom. The standard InChI is InChI=1S/C19H17N5O2/c1-13-19(14(2)24(23-13)15-7-4-3-5-8-15)22-18(25)12-26-17-9-6-10-21-16(17)11-20/h3-10H,12H2,1-2H3,(H,22,25). The zero-order chi connectivity index (χ0) is 18.5. The molecule has 7 nitrogen and oxygen atoms in total. The lowest BCUT2D eigenvalue weighted by atomic mass is 10.3. The van der Waals surface area contributed by atoms with Crippen LogP contribution in [0.4, 0.5) is 5.69 Å². The molecule has 0 aliphatic carbocycles. The number of rotatable bonds is 5. The SMILES string of the molecule is Cc1nn(-c2ccccc2)c(C)c1NC(=O)COc1cccnc1C#N. The Morgan fingerprint density at radius 1 is 1.23 bits per heavy atom. The molecule has 0 fully saturated rings. The van der Waals surface area contributed by atoms with Gasteiger partial charge in [-0.1, -0.05) is 18.2 Å². The third-order valence-electron chi connectivity index (χ3n) is 3.79. The van der Waals surface area contributed by atoms with E-state index in [0.29, 0.717) is 11.4 Å². The predicted molar refractivity (Wildman–Crippen MR) is 96.1 cm³/mol. The van der Waals surface area contributed by atoms with Crippen molar-refractivity contribution in [1.29, 1.82) is 5.26 Å². The van der Waals surface area contributed by atoms with Gasteiger partial charge in [-0.25, -0.2) is 9.67 Å². The molecule has 7 heteroatoms. The third-order valence-corrected chi connectivity index (χ3v) is 3.79. The van der Waals surface area contributed by atoms with Crippen molar-refractivity contribution in [2.75, 3.05) is 11.9 Å². The topological polar surface area (TPSA) is 92.8 Å². The van der Waals surface area contributed by atoms with Gasteiger partial charge in [-0.05, 0) is 38.1 Å². The summed E-state index contributed by atoms with van der Waals surface area (Å²) in [5.41, 5.74) is 3.23. The largest absolute Gasteiger partial charge is 0.481 e. The predicted octanol–water partition coefficient (Wildman–Crippen LogP) is 2.77. The lowest BCUT2D eigenvalue weighted by Crippen LogP contribution is -2.21. The van der Waals surface area contributed by atoms with Crippen molar-refractivity contribution >= 4 is 11.6 Å². The van der Waals surface area contributed by atoms with Gasteiger partial charge in [0.15, 0.2) is 18.1 Å². The van der Waals surface area contributed by atoms with Crippen LogP contribution in [0.3, 0.4) is 0 Å². The van der Waals surface area contributed by atoms with Crippen LogP contribution in [0.5, 0.6) is 5.75 Å². The van der Waals surface area contributed by atoms with Gasteiger partial charge in [0.1, 0.15) is 6.07 Å². The fraction of sp³-hybridized carbons (Fsp3) is 0.158. The lowest BCUT2D eigenvalue weighted by molar-refractivity contribution is -0.118. The van der Waals surface area contributed by atoms with E-state index in [1.807, 2.05) is 50.2 Å². The average molecular weight is 347 g/mol. The molecule has 0 saturated carbocycles. The molecule has 0 spiro atoms. The van der Waals surface area contributed by atoms with Crippen molar-refractivity contribution in [2.24, 2.45) is 0 Å². The van der Waals surface area contributed by atoms with Gasteiger partial charge in [-0.2, -0.15) is 10.4 Å². The van der Waals surface area contributed by atoms with Crippen LogP contribution in [0.2, 0.25) is 0 Å². The summed E-state index contributed by atoms with van der Waals surface area (Å²) >= 11 is 0. The van der Waals surface area contributed by atoms with Crippen LogP contribution >= 0.6 is 0 Å². The van der Waals surface area contributed by atoms with E-state index in [1.54, 1.807) is 16.8 Å². The van der Waals surface area contributed by atoms with Crippen LogP contribution in [-0.2, 0) is 4.79 Å². The molecule has 1 amide bonds. The Hall–Kier alpha value is -3.66. The van der Waals surface area contributed by atoms with Crippen LogP contribution in [-0.4, -0.2) is 27.3 Å². The molecule has 130 valence electrons. The minimum atomic E-state index is -0.337. The second-order valence-corrected chi connectivity index (χ2v) is 5.59. The molecule has 0 bridgehead atoms. The molecule has 2 aromatic heterocycles. The first-order valence-corrected chi connectivity index (χ1v) is 7.99. The molecule has 0 saturated heterocycles. The second kappa shape index (κ2) is 7.49. The third kappa shape index (κ3) is 3.54. The first-order valence-electron chi connectivity index (χ1n) is 7.99. The van der Waals surface area contributed by atoms with Crippen molar-refractivity contribution < 1.29 is 9.53 Å². The molecule has 1 aromatic carbocycles. The van der Waals surface area contributed by atoms with Gasteiger partial charge < -0.3 is 10.1 Å². The molecule has 2 heterocycles. The van der Waals surface area contributed by atoms with Crippen LogP contribution in [0, 0.1) is 25.2 Å². The van der Waals surface area contributed by atoms with E-state index in [-0.39, 0.29) is 24.0 Å². The second-order valence-electron chi connectivity index (χ2n) is 5.59. The van der Waals surface area contributed by atoms with Gasteiger partial charge >= 0.3 is 0 Å². The number of nitriles is 1. The summed E-state index contributed by atoms with van der Waals surface area (Å²) in [5.74, 6) is -0.0601. The Bertz CT molecular complexity index is 973. The highest BCUT2D eigenvalue weighted by Gasteiger charge is 2.16. The molecule has 0 unspecified atom stereocenters. The number of nitrogens with one attached hydrogen (secondary N) is 1. The molecule has 0 radical (unpaired) electrons. The van der Waals surface area contributed by atoms with Gasteiger partial charge in [-0.3, -0.25) is 4.79 Å². The Morgan fingerprint density at radius 3 is 2.73 bits per heavy atom. The summed E-state index contributed by atoms with van der Waals surface area (Å²) in [4.78, 5) is 16.2. The van der Waals surface area contributed by atoms with Crippen LogP contribution in [0.25, 0.3) is 5.69 Å². The van der Waals surface area contributed by atoms with Crippen LogP contribution in [0.15, 0.2) is 48.7 Å². The Balaban J connectivity index is 1.72. The number of aryl methyl sites for hydroxylation is 1. The summed E-state index contributed by atoms with van der Waals surface area (Å²) in [6, 6.07) is 14.9. The number of pyridine rings is 1. The smallest absolute Gasteiger partial charge is 0.262 e. The zero-order valence-electron chi connectivity index (χ0n) is 14.4. The average Bonchev–Trinajstić information content (AvgIpc) is 2.95. The van der Waals surface area contributed by atoms with Gasteiger partial charge in [0.05, 0.1) is 22.8 Å². The summed E-state index contributed by atoms with van der Waals surface area (Å²) in [7, 11) is 0. The number of carbonyl (C=O) groups excluding carboxylic acids is 1. The normalized spacial score (nSPS) is 10.2. The quantitative estimate of drug-likeness (QED) is 0.766. The molecule has 0 aliphatic heterocycles. The van der Waals surface area contributed by atoms with E-state index in [1.165, 1.54) is 6.20 Å². The highest BCUT2D eigenvalue weighted by Crippen LogP contribution is 2.22. The number of anilines is 1. The van der Waals surface area contributed by atoms with Crippen molar-refractivity contribution in [1.82, 2.24) is 14.8 Å². The molecule has 3 aromatic rings. The number of para-hydroxylation sites is 1. The fourth-order valence-electron chi connectivity index (χ4n) is 2.55. The highest BCUT2D eigenvalue weighted by molar-refractivity contribution is 5.93. The Labute approximate surface area is 150 Å². The molecular formula is C19H17N5O2. The van der Waals surface area contributed by atoms with E-state index in [2.05, 4.69) is 15.4 Å². The van der Waals surface area contributed by atoms with E-state index in [0.717, 1.165) is 11.4 Å². The number of nitrogens with zero attached hydrogens (tertiary/aromatic N) is 4. The monoisotopic (exact) mass is 347 g/mol. The van der Waals surface area contributed by atoms with Gasteiger partial charge in [0, 0.05) is 6.20 Å². The van der Waals surface area contributed by atoms with Crippen molar-refractivity contribution in [3.63, 3.8) is 0 Å². The minimum absolute atomic E-state index is 0.143. The molecule has 1 N–H and O–H groups in total. The summed E-state index contributed by atoms with van der Waals surface area (Å²) in [5, 5.41) is 16.3. The lowest BCUT2D eigenvalue weighted by Gasteiger charge is -2.09. The van der Waals surface area contributed by atoms with E-state index >= 15 is 0 Å². The zero-order valence-corrected chi connectivity index (χ0v) is 14.4. The number of ether oxygens (including phenoxy) is 1. The molecular weight excluding hydrogens is 330 g/mol. The number of benzene rings is 1. The fourth-order valence-corrected chi connectivity index (χ4v) is 2.55. The molecule has 0 atom stereocenters. The summed E-state index contributed by atoms with van der Waals surface area (Å²) in [6.45, 7) is 3.49. The first-order chi connectivity index (χ1) is 12.6. The summed E-state index contributed by atoms with van der Waals surface area (Å²) in [6.07, 6.45) is 1.50. The number of hydrogen-bond donors (Lipinski definition) is 1. The maximum atomic E-state index is 12.3. The van der Waals surface area contributed by atoms with Crippen molar-refractivity contribution in [3.8, 4) is 17.5 Å². The number of hydrogen-bond acceptors (Lipinski definition) is 5. The van der Waals surface area contributed by atoms with Gasteiger partial charge in [0.25, 0.3) is 5.91 Å². The number of amides is 1. The van der Waals surface area contributed by atoms with Crippen molar-refractivity contribution in [2.45, 2.75) is 13.8 Å². The van der Waals surface area contributed by atoms with Gasteiger partial charge in [0.2, 0.25) is 0 Å². The first kappa shape index (κ1) is 17.2.